The Morgan fingerprint density at radius 3 is 2.67 bits per heavy atom. The van der Waals surface area contributed by atoms with Crippen molar-refractivity contribution >= 4 is 16.8 Å². The van der Waals surface area contributed by atoms with Crippen molar-refractivity contribution in [2.24, 2.45) is 0 Å². The Kier molecular flexibility index (Phi) is 5.29. The summed E-state index contributed by atoms with van der Waals surface area (Å²) in [7, 11) is 0. The van der Waals surface area contributed by atoms with Crippen LogP contribution in [0, 0.1) is 13.8 Å². The maximum Gasteiger partial charge on any atom is 0.295 e. The van der Waals surface area contributed by atoms with E-state index < -0.39 is 0 Å². The summed E-state index contributed by atoms with van der Waals surface area (Å²) in [5.41, 5.74) is 3.38. The quantitative estimate of drug-likeness (QED) is 0.490. The van der Waals surface area contributed by atoms with Gasteiger partial charge in [-0.25, -0.2) is 9.36 Å². The summed E-state index contributed by atoms with van der Waals surface area (Å²) in [5, 5.41) is 12.6. The number of carbonyl (C=O) groups is 1. The molecule has 0 aliphatic carbocycles. The molecule has 0 fully saturated rings. The van der Waals surface area contributed by atoms with E-state index in [1.165, 1.54) is 4.68 Å². The Hall–Kier alpha value is -4.14. The third kappa shape index (κ3) is 3.93. The summed E-state index contributed by atoms with van der Waals surface area (Å²) in [4.78, 5) is 25.4. The fourth-order valence-corrected chi connectivity index (χ4v) is 4.00. The zero-order valence-electron chi connectivity index (χ0n) is 18.4. The summed E-state index contributed by atoms with van der Waals surface area (Å²) in [5.74, 6) is 1.20. The molecule has 0 spiro atoms. The first-order chi connectivity index (χ1) is 16.0. The van der Waals surface area contributed by atoms with Gasteiger partial charge in [0.15, 0.2) is 17.0 Å². The van der Waals surface area contributed by atoms with Crippen LogP contribution in [-0.4, -0.2) is 32.3 Å². The summed E-state index contributed by atoms with van der Waals surface area (Å²) in [6.07, 6.45) is 0.126. The molecule has 1 aliphatic heterocycles. The van der Waals surface area contributed by atoms with Crippen LogP contribution in [0.3, 0.4) is 0 Å². The predicted octanol–water partition coefficient (Wildman–Crippen LogP) is 2.63. The fraction of sp³-hybridized carbons (Fsp3) is 0.250. The van der Waals surface area contributed by atoms with E-state index in [-0.39, 0.29) is 31.2 Å². The van der Waals surface area contributed by atoms with Gasteiger partial charge in [0.05, 0.1) is 29.0 Å². The smallest absolute Gasteiger partial charge is 0.295 e. The maximum absolute atomic E-state index is 13.0. The third-order valence-corrected chi connectivity index (χ3v) is 5.66. The Balaban J connectivity index is 1.30. The van der Waals surface area contributed by atoms with Crippen LogP contribution in [0.15, 0.2) is 53.3 Å². The molecule has 33 heavy (non-hydrogen) atoms. The molecule has 1 amide bonds. The molecular formula is C24H23N5O4. The number of hydrogen-bond donors (Lipinski definition) is 1. The van der Waals surface area contributed by atoms with Crippen molar-refractivity contribution in [3.8, 4) is 17.2 Å². The molecule has 1 N–H and O–H groups in total. The highest BCUT2D eigenvalue weighted by molar-refractivity contribution is 5.83. The summed E-state index contributed by atoms with van der Waals surface area (Å²) >= 11 is 0. The van der Waals surface area contributed by atoms with E-state index in [4.69, 9.17) is 9.47 Å². The summed E-state index contributed by atoms with van der Waals surface area (Å²) in [6, 6.07) is 15.2. The number of aromatic nitrogens is 4. The molecule has 9 nitrogen and oxygen atoms in total. The number of nitrogens with zero attached hydrogens (tertiary/aromatic N) is 4. The van der Waals surface area contributed by atoms with Crippen molar-refractivity contribution in [2.75, 3.05) is 6.79 Å². The number of hydrogen-bond acceptors (Lipinski definition) is 6. The van der Waals surface area contributed by atoms with Gasteiger partial charge in [-0.1, -0.05) is 24.3 Å². The van der Waals surface area contributed by atoms with Crippen LogP contribution < -0.4 is 20.3 Å². The molecule has 0 unspecified atom stereocenters. The molecule has 0 radical (unpaired) electrons. The maximum atomic E-state index is 13.0. The average molecular weight is 445 g/mol. The lowest BCUT2D eigenvalue weighted by atomic mass is 10.2. The fourth-order valence-electron chi connectivity index (χ4n) is 4.00. The lowest BCUT2D eigenvalue weighted by Gasteiger charge is -2.08. The largest absolute Gasteiger partial charge is 0.454 e. The Morgan fingerprint density at radius 2 is 1.85 bits per heavy atom. The number of para-hydroxylation sites is 1. The van der Waals surface area contributed by atoms with Gasteiger partial charge in [-0.15, -0.1) is 0 Å². The van der Waals surface area contributed by atoms with E-state index >= 15 is 0 Å². The first-order valence-corrected chi connectivity index (χ1v) is 10.7. The van der Waals surface area contributed by atoms with Crippen molar-refractivity contribution in [1.29, 1.82) is 0 Å². The van der Waals surface area contributed by atoms with Gasteiger partial charge in [-0.05, 0) is 43.7 Å². The Labute approximate surface area is 189 Å². The van der Waals surface area contributed by atoms with E-state index in [2.05, 4.69) is 15.5 Å². The molecule has 3 heterocycles. The van der Waals surface area contributed by atoms with E-state index in [1.807, 2.05) is 62.4 Å². The Morgan fingerprint density at radius 1 is 1.06 bits per heavy atom. The van der Waals surface area contributed by atoms with E-state index in [0.717, 1.165) is 22.3 Å². The summed E-state index contributed by atoms with van der Waals surface area (Å²) < 4.78 is 13.7. The SMILES string of the molecule is Cc1nn(CCC(=O)NCc2ccc3c(c2)OCO3)c(=O)c2nn(-c3ccccc3)c(C)c12. The normalized spacial score (nSPS) is 12.3. The average Bonchev–Trinajstić information content (AvgIpc) is 3.44. The molecule has 2 aromatic heterocycles. The minimum Gasteiger partial charge on any atom is -0.454 e. The van der Waals surface area contributed by atoms with Crippen molar-refractivity contribution < 1.29 is 14.3 Å². The van der Waals surface area contributed by atoms with E-state index in [9.17, 15) is 9.59 Å². The molecule has 1 aliphatic rings. The molecule has 0 saturated carbocycles. The number of nitrogens with one attached hydrogen (secondary N) is 1. The summed E-state index contributed by atoms with van der Waals surface area (Å²) in [6.45, 7) is 4.50. The van der Waals surface area contributed by atoms with Crippen LogP contribution >= 0.6 is 0 Å². The highest BCUT2D eigenvalue weighted by Gasteiger charge is 2.18. The molecule has 4 aromatic rings. The molecule has 0 atom stereocenters. The van der Waals surface area contributed by atoms with Crippen LogP contribution in [0.25, 0.3) is 16.6 Å². The van der Waals surface area contributed by atoms with Crippen molar-refractivity contribution in [3.63, 3.8) is 0 Å². The van der Waals surface area contributed by atoms with Crippen LogP contribution in [-0.2, 0) is 17.9 Å². The molecule has 9 heteroatoms. The number of aryl methyl sites for hydroxylation is 3. The number of rotatable bonds is 6. The topological polar surface area (TPSA) is 100 Å². The number of benzene rings is 2. The van der Waals surface area contributed by atoms with E-state index in [1.54, 1.807) is 4.68 Å². The molecule has 0 saturated heterocycles. The predicted molar refractivity (Wildman–Crippen MR) is 122 cm³/mol. The zero-order valence-corrected chi connectivity index (χ0v) is 18.4. The second-order valence-corrected chi connectivity index (χ2v) is 7.88. The van der Waals surface area contributed by atoms with Gasteiger partial charge in [0.1, 0.15) is 0 Å². The first-order valence-electron chi connectivity index (χ1n) is 10.7. The Bertz CT molecular complexity index is 1410. The minimum atomic E-state index is -0.308. The second-order valence-electron chi connectivity index (χ2n) is 7.88. The van der Waals surface area contributed by atoms with Gasteiger partial charge in [0.25, 0.3) is 5.56 Å². The first kappa shape index (κ1) is 20.7. The molecule has 5 rings (SSSR count). The van der Waals surface area contributed by atoms with Gasteiger partial charge >= 0.3 is 0 Å². The van der Waals surface area contributed by atoms with Gasteiger partial charge in [0.2, 0.25) is 12.7 Å². The lowest BCUT2D eigenvalue weighted by molar-refractivity contribution is -0.121. The molecule has 2 aromatic carbocycles. The number of amides is 1. The third-order valence-electron chi connectivity index (χ3n) is 5.66. The number of carbonyl (C=O) groups excluding carboxylic acids is 1. The number of fused-ring (bicyclic) bond motifs is 2. The standard InChI is InChI=1S/C24H23N5O4/c1-15-22-16(2)29(18-6-4-3-5-7-18)27-23(22)24(31)28(26-15)11-10-21(30)25-13-17-8-9-19-20(12-17)33-14-32-19/h3-9,12H,10-11,13-14H2,1-2H3,(H,25,30). The van der Waals surface area contributed by atoms with Gasteiger partial charge in [-0.3, -0.25) is 9.59 Å². The highest BCUT2D eigenvalue weighted by Crippen LogP contribution is 2.32. The van der Waals surface area contributed by atoms with Crippen LogP contribution in [0.4, 0.5) is 0 Å². The highest BCUT2D eigenvalue weighted by atomic mass is 16.7. The van der Waals surface area contributed by atoms with Crippen LogP contribution in [0.1, 0.15) is 23.4 Å². The van der Waals surface area contributed by atoms with Gasteiger partial charge < -0.3 is 14.8 Å². The molecular weight excluding hydrogens is 422 g/mol. The van der Waals surface area contributed by atoms with Crippen LogP contribution in [0.5, 0.6) is 11.5 Å². The molecule has 0 bridgehead atoms. The monoisotopic (exact) mass is 445 g/mol. The van der Waals surface area contributed by atoms with Gasteiger partial charge in [0, 0.05) is 13.0 Å². The van der Waals surface area contributed by atoms with Crippen LogP contribution in [0.2, 0.25) is 0 Å². The zero-order chi connectivity index (χ0) is 22.9. The van der Waals surface area contributed by atoms with Crippen molar-refractivity contribution in [2.45, 2.75) is 33.4 Å². The lowest BCUT2D eigenvalue weighted by Crippen LogP contribution is -2.29. The molecule has 168 valence electrons. The van der Waals surface area contributed by atoms with Crippen molar-refractivity contribution in [3.05, 3.63) is 75.8 Å². The van der Waals surface area contributed by atoms with Gasteiger partial charge in [-0.2, -0.15) is 10.2 Å². The number of ether oxygens (including phenoxy) is 2. The minimum absolute atomic E-state index is 0.126. The van der Waals surface area contributed by atoms with E-state index in [0.29, 0.717) is 29.3 Å². The second kappa shape index (κ2) is 8.42. The van der Waals surface area contributed by atoms with Crippen molar-refractivity contribution in [1.82, 2.24) is 24.9 Å².